The smallest absolute Gasteiger partial charge is 0.123 e. The van der Waals surface area contributed by atoms with Gasteiger partial charge in [0.1, 0.15) is 15.4 Å². The van der Waals surface area contributed by atoms with Crippen molar-refractivity contribution >= 4 is 22.9 Å². The van der Waals surface area contributed by atoms with Gasteiger partial charge in [0.05, 0.1) is 12.8 Å². The number of nitrogens with zero attached hydrogens (tertiary/aromatic N) is 1. The molecule has 1 saturated heterocycles. The second-order valence-corrected chi connectivity index (χ2v) is 5.82. The van der Waals surface area contributed by atoms with Gasteiger partial charge in [0.25, 0.3) is 0 Å². The maximum atomic E-state index is 10.3. The highest BCUT2D eigenvalue weighted by Gasteiger charge is 2.41. The molecular formula is C10H15ClN2O2S. The zero-order chi connectivity index (χ0) is 11.6. The van der Waals surface area contributed by atoms with E-state index in [0.29, 0.717) is 22.5 Å². The fourth-order valence-corrected chi connectivity index (χ4v) is 3.08. The van der Waals surface area contributed by atoms with Gasteiger partial charge in [-0.3, -0.25) is 0 Å². The van der Waals surface area contributed by atoms with Gasteiger partial charge in [-0.25, -0.2) is 4.98 Å². The second-order valence-electron chi connectivity index (χ2n) is 4.13. The molecule has 1 aromatic rings. The highest BCUT2D eigenvalue weighted by Crippen LogP contribution is 2.41. The summed E-state index contributed by atoms with van der Waals surface area (Å²) in [4.78, 5) is 4.11. The maximum Gasteiger partial charge on any atom is 0.123 e. The molecule has 2 heterocycles. The van der Waals surface area contributed by atoms with Crippen LogP contribution in [0.25, 0.3) is 0 Å². The summed E-state index contributed by atoms with van der Waals surface area (Å²) in [6.07, 6.45) is 2.66. The van der Waals surface area contributed by atoms with Crippen molar-refractivity contribution in [3.05, 3.63) is 15.5 Å². The Morgan fingerprint density at radius 3 is 3.06 bits per heavy atom. The normalized spacial score (nSPS) is 27.9. The quantitative estimate of drug-likeness (QED) is 0.868. The first-order valence-corrected chi connectivity index (χ1v) is 6.44. The Hall–Kier alpha value is -0.200. The molecule has 4 nitrogen and oxygen atoms in total. The molecule has 1 fully saturated rings. The highest BCUT2D eigenvalue weighted by atomic mass is 35.5. The van der Waals surface area contributed by atoms with E-state index < -0.39 is 11.5 Å². The van der Waals surface area contributed by atoms with Gasteiger partial charge in [0.2, 0.25) is 0 Å². The van der Waals surface area contributed by atoms with Gasteiger partial charge >= 0.3 is 0 Å². The van der Waals surface area contributed by atoms with Gasteiger partial charge in [-0.05, 0) is 12.8 Å². The maximum absolute atomic E-state index is 10.3. The number of rotatable bonds is 3. The standard InChI is InChI=1S/C10H15ClN2O2S/c11-7-4-13-9(16-7)8(14)10(5-12)2-1-3-15-6-10/h4,8,14H,1-3,5-6,12H2. The molecule has 1 aliphatic rings. The van der Waals surface area contributed by atoms with Crippen LogP contribution in [0.3, 0.4) is 0 Å². The summed E-state index contributed by atoms with van der Waals surface area (Å²) in [5, 5.41) is 11.0. The third-order valence-electron chi connectivity index (χ3n) is 3.07. The van der Waals surface area contributed by atoms with Crippen molar-refractivity contribution < 1.29 is 9.84 Å². The predicted molar refractivity (Wildman–Crippen MR) is 63.6 cm³/mol. The molecule has 3 N–H and O–H groups in total. The molecule has 1 aliphatic heterocycles. The molecule has 0 amide bonds. The molecule has 0 radical (unpaired) electrons. The molecule has 0 bridgehead atoms. The first-order valence-electron chi connectivity index (χ1n) is 5.25. The van der Waals surface area contributed by atoms with Crippen LogP contribution in [0.4, 0.5) is 0 Å². The van der Waals surface area contributed by atoms with E-state index in [2.05, 4.69) is 4.98 Å². The van der Waals surface area contributed by atoms with Crippen LogP contribution < -0.4 is 5.73 Å². The lowest BCUT2D eigenvalue weighted by Crippen LogP contribution is -2.43. The molecule has 6 heteroatoms. The van der Waals surface area contributed by atoms with E-state index >= 15 is 0 Å². The van der Waals surface area contributed by atoms with E-state index in [1.54, 1.807) is 6.20 Å². The average molecular weight is 263 g/mol. The van der Waals surface area contributed by atoms with Gasteiger partial charge < -0.3 is 15.6 Å². The van der Waals surface area contributed by atoms with Crippen molar-refractivity contribution in [2.75, 3.05) is 19.8 Å². The third-order valence-corrected chi connectivity index (χ3v) is 4.24. The molecule has 16 heavy (non-hydrogen) atoms. The molecule has 0 aromatic carbocycles. The van der Waals surface area contributed by atoms with Gasteiger partial charge in [-0.2, -0.15) is 0 Å². The third kappa shape index (κ3) is 2.24. The number of nitrogens with two attached hydrogens (primary N) is 1. The van der Waals surface area contributed by atoms with Gasteiger partial charge in [0, 0.05) is 18.6 Å². The van der Waals surface area contributed by atoms with Crippen molar-refractivity contribution in [2.45, 2.75) is 18.9 Å². The fourth-order valence-electron chi connectivity index (χ4n) is 2.02. The Bertz CT molecular complexity index is 352. The van der Waals surface area contributed by atoms with Crippen LogP contribution in [0.1, 0.15) is 24.0 Å². The van der Waals surface area contributed by atoms with E-state index in [1.807, 2.05) is 0 Å². The predicted octanol–water partition coefficient (Wildman–Crippen LogP) is 1.59. The average Bonchev–Trinajstić information content (AvgIpc) is 2.76. The molecule has 0 spiro atoms. The molecule has 90 valence electrons. The molecular weight excluding hydrogens is 248 g/mol. The monoisotopic (exact) mass is 262 g/mol. The van der Waals surface area contributed by atoms with Gasteiger partial charge in [0.15, 0.2) is 0 Å². The Balaban J connectivity index is 2.20. The molecule has 2 unspecified atom stereocenters. The molecule has 0 aliphatic carbocycles. The number of aliphatic hydroxyl groups excluding tert-OH is 1. The minimum Gasteiger partial charge on any atom is -0.385 e. The zero-order valence-electron chi connectivity index (χ0n) is 8.86. The summed E-state index contributed by atoms with van der Waals surface area (Å²) in [7, 11) is 0. The number of ether oxygens (including phenoxy) is 1. The van der Waals surface area contributed by atoms with E-state index in [0.717, 1.165) is 19.4 Å². The van der Waals surface area contributed by atoms with Crippen molar-refractivity contribution in [2.24, 2.45) is 11.1 Å². The van der Waals surface area contributed by atoms with Crippen LogP contribution in [-0.4, -0.2) is 29.8 Å². The molecule has 2 rings (SSSR count). The summed E-state index contributed by atoms with van der Waals surface area (Å²) in [6, 6.07) is 0. The van der Waals surface area contributed by atoms with E-state index in [1.165, 1.54) is 11.3 Å². The van der Waals surface area contributed by atoms with Crippen molar-refractivity contribution in [1.82, 2.24) is 4.98 Å². The second kappa shape index (κ2) is 4.98. The van der Waals surface area contributed by atoms with Gasteiger partial charge in [-0.15, -0.1) is 11.3 Å². The molecule has 0 saturated carbocycles. The SMILES string of the molecule is NCC1(C(O)c2ncc(Cl)s2)CCCOC1. The number of hydrogen-bond acceptors (Lipinski definition) is 5. The van der Waals surface area contributed by atoms with Crippen LogP contribution in [0.2, 0.25) is 4.34 Å². The number of aliphatic hydroxyl groups is 1. The molecule has 2 atom stereocenters. The minimum absolute atomic E-state index is 0.394. The van der Waals surface area contributed by atoms with E-state index in [4.69, 9.17) is 22.1 Å². The number of thiazole rings is 1. The van der Waals surface area contributed by atoms with Crippen LogP contribution in [-0.2, 0) is 4.74 Å². The lowest BCUT2D eigenvalue weighted by atomic mass is 9.77. The largest absolute Gasteiger partial charge is 0.385 e. The Labute approximate surface area is 103 Å². The van der Waals surface area contributed by atoms with E-state index in [-0.39, 0.29) is 0 Å². The lowest BCUT2D eigenvalue weighted by molar-refractivity contribution is -0.0782. The number of aromatic nitrogens is 1. The summed E-state index contributed by atoms with van der Waals surface area (Å²) in [5.74, 6) is 0. The first kappa shape index (κ1) is 12.3. The van der Waals surface area contributed by atoms with Crippen molar-refractivity contribution in [3.8, 4) is 0 Å². The topological polar surface area (TPSA) is 68.4 Å². The zero-order valence-corrected chi connectivity index (χ0v) is 10.4. The van der Waals surface area contributed by atoms with Crippen LogP contribution in [0.15, 0.2) is 6.20 Å². The van der Waals surface area contributed by atoms with Gasteiger partial charge in [-0.1, -0.05) is 11.6 Å². The Morgan fingerprint density at radius 1 is 1.75 bits per heavy atom. The minimum atomic E-state index is -0.685. The highest BCUT2D eigenvalue weighted by molar-refractivity contribution is 7.15. The molecule has 1 aromatic heterocycles. The summed E-state index contributed by atoms with van der Waals surface area (Å²) < 4.78 is 6.01. The van der Waals surface area contributed by atoms with Crippen LogP contribution in [0.5, 0.6) is 0 Å². The Morgan fingerprint density at radius 2 is 2.56 bits per heavy atom. The summed E-state index contributed by atoms with van der Waals surface area (Å²) in [5.41, 5.74) is 5.38. The first-order chi connectivity index (χ1) is 7.68. The fraction of sp³-hybridized carbons (Fsp3) is 0.700. The number of hydrogen-bond donors (Lipinski definition) is 2. The summed E-state index contributed by atoms with van der Waals surface area (Å²) in [6.45, 7) is 1.63. The summed E-state index contributed by atoms with van der Waals surface area (Å²) >= 11 is 7.11. The van der Waals surface area contributed by atoms with Crippen molar-refractivity contribution in [1.29, 1.82) is 0 Å². The lowest BCUT2D eigenvalue weighted by Gasteiger charge is -2.38. The van der Waals surface area contributed by atoms with Crippen molar-refractivity contribution in [3.63, 3.8) is 0 Å². The van der Waals surface area contributed by atoms with Crippen LogP contribution in [0, 0.1) is 5.41 Å². The van der Waals surface area contributed by atoms with E-state index in [9.17, 15) is 5.11 Å². The van der Waals surface area contributed by atoms with Crippen LogP contribution >= 0.6 is 22.9 Å². The number of halogens is 1. The Kier molecular flexibility index (Phi) is 3.81.